The first-order valence-corrected chi connectivity index (χ1v) is 2.90. The van der Waals surface area contributed by atoms with Gasteiger partial charge in [-0.15, -0.1) is 0 Å². The van der Waals surface area contributed by atoms with E-state index in [0.717, 1.165) is 5.56 Å². The maximum atomic E-state index is 12.3. The molecule has 2 N–H and O–H groups in total. The van der Waals surface area contributed by atoms with Crippen molar-refractivity contribution in [2.75, 3.05) is 0 Å². The Bertz CT molecular complexity index is 238. The zero-order valence-electron chi connectivity index (χ0n) is 5.47. The molecule has 0 amide bonds. The fraction of sp³-hybridized carbons (Fsp3) is 0. The van der Waals surface area contributed by atoms with Crippen LogP contribution >= 0.6 is 0 Å². The van der Waals surface area contributed by atoms with E-state index >= 15 is 0 Å². The third kappa shape index (κ3) is 1.35. The Morgan fingerprint density at radius 3 is 2.20 bits per heavy atom. The molecule has 0 heterocycles. The highest BCUT2D eigenvalue weighted by molar-refractivity contribution is 5.59. The first-order chi connectivity index (χ1) is 4.70. The van der Waals surface area contributed by atoms with Crippen LogP contribution in [-0.4, -0.2) is 0 Å². The molecule has 0 spiro atoms. The summed E-state index contributed by atoms with van der Waals surface area (Å²) in [6.45, 7) is 3.51. The van der Waals surface area contributed by atoms with Crippen molar-refractivity contribution < 1.29 is 4.39 Å². The fourth-order valence-corrected chi connectivity index (χ4v) is 0.664. The zero-order valence-corrected chi connectivity index (χ0v) is 5.47. The molecule has 0 aliphatic heterocycles. The maximum absolute atomic E-state index is 12.3. The van der Waals surface area contributed by atoms with Crippen LogP contribution in [0.25, 0.3) is 5.70 Å². The van der Waals surface area contributed by atoms with E-state index in [-0.39, 0.29) is 5.82 Å². The molecule has 1 rings (SSSR count). The van der Waals surface area contributed by atoms with Crippen molar-refractivity contribution in [1.82, 2.24) is 0 Å². The van der Waals surface area contributed by atoms with Crippen molar-refractivity contribution in [3.05, 3.63) is 42.2 Å². The first kappa shape index (κ1) is 6.81. The second-order valence-corrected chi connectivity index (χ2v) is 2.03. The highest BCUT2D eigenvalue weighted by atomic mass is 19.1. The van der Waals surface area contributed by atoms with E-state index in [4.69, 9.17) is 5.73 Å². The van der Waals surface area contributed by atoms with Gasteiger partial charge in [-0.05, 0) is 17.7 Å². The number of halogens is 1. The van der Waals surface area contributed by atoms with Crippen LogP contribution < -0.4 is 5.73 Å². The van der Waals surface area contributed by atoms with Crippen molar-refractivity contribution in [2.45, 2.75) is 0 Å². The SMILES string of the molecule is C=C(N)c1ccc(F)cc1. The van der Waals surface area contributed by atoms with Gasteiger partial charge in [0.2, 0.25) is 0 Å². The number of hydrogen-bond donors (Lipinski definition) is 1. The third-order valence-electron chi connectivity index (χ3n) is 1.22. The second-order valence-electron chi connectivity index (χ2n) is 2.03. The van der Waals surface area contributed by atoms with Crippen LogP contribution in [0, 0.1) is 5.82 Å². The van der Waals surface area contributed by atoms with E-state index in [1.165, 1.54) is 12.1 Å². The summed E-state index contributed by atoms with van der Waals surface area (Å²) in [6, 6.07) is 5.90. The van der Waals surface area contributed by atoms with Gasteiger partial charge in [-0.2, -0.15) is 0 Å². The van der Waals surface area contributed by atoms with Crippen LogP contribution in [0.1, 0.15) is 5.56 Å². The van der Waals surface area contributed by atoms with Crippen LogP contribution in [0.15, 0.2) is 30.8 Å². The second kappa shape index (κ2) is 2.52. The van der Waals surface area contributed by atoms with E-state index in [0.29, 0.717) is 5.70 Å². The number of hydrogen-bond acceptors (Lipinski definition) is 1. The molecule has 0 aliphatic carbocycles. The van der Waals surface area contributed by atoms with E-state index in [9.17, 15) is 4.39 Å². The van der Waals surface area contributed by atoms with Gasteiger partial charge >= 0.3 is 0 Å². The van der Waals surface area contributed by atoms with Crippen molar-refractivity contribution in [1.29, 1.82) is 0 Å². The summed E-state index contributed by atoms with van der Waals surface area (Å²) in [4.78, 5) is 0. The molecule has 1 aromatic rings. The van der Waals surface area contributed by atoms with Gasteiger partial charge in [-0.3, -0.25) is 0 Å². The number of benzene rings is 1. The molecule has 10 heavy (non-hydrogen) atoms. The molecule has 0 aliphatic rings. The van der Waals surface area contributed by atoms with Crippen LogP contribution in [-0.2, 0) is 0 Å². The summed E-state index contributed by atoms with van der Waals surface area (Å²) in [6.07, 6.45) is 0. The Labute approximate surface area is 59.0 Å². The van der Waals surface area contributed by atoms with Crippen LogP contribution in [0.5, 0.6) is 0 Å². The van der Waals surface area contributed by atoms with E-state index in [1.807, 2.05) is 0 Å². The zero-order chi connectivity index (χ0) is 7.56. The van der Waals surface area contributed by atoms with E-state index in [1.54, 1.807) is 12.1 Å². The quantitative estimate of drug-likeness (QED) is 0.627. The minimum Gasteiger partial charge on any atom is -0.399 e. The average molecular weight is 137 g/mol. The Morgan fingerprint density at radius 1 is 1.30 bits per heavy atom. The van der Waals surface area contributed by atoms with Crippen molar-refractivity contribution in [3.63, 3.8) is 0 Å². The lowest BCUT2D eigenvalue weighted by atomic mass is 10.2. The molecule has 0 fully saturated rings. The van der Waals surface area contributed by atoms with E-state index in [2.05, 4.69) is 6.58 Å². The summed E-state index contributed by atoms with van der Waals surface area (Å²) >= 11 is 0. The molecule has 52 valence electrons. The number of nitrogens with two attached hydrogens (primary N) is 1. The topological polar surface area (TPSA) is 26.0 Å². The Kier molecular flexibility index (Phi) is 1.71. The molecule has 0 bridgehead atoms. The molecule has 0 atom stereocenters. The molecule has 0 unspecified atom stereocenters. The Hall–Kier alpha value is -1.31. The van der Waals surface area contributed by atoms with Crippen molar-refractivity contribution in [3.8, 4) is 0 Å². The normalized spacial score (nSPS) is 9.30. The highest BCUT2D eigenvalue weighted by Gasteiger charge is 1.92. The van der Waals surface area contributed by atoms with Gasteiger partial charge in [0, 0.05) is 5.70 Å². The van der Waals surface area contributed by atoms with Gasteiger partial charge in [0.05, 0.1) is 0 Å². The van der Waals surface area contributed by atoms with Crippen LogP contribution in [0.2, 0.25) is 0 Å². The predicted molar refractivity (Wildman–Crippen MR) is 39.6 cm³/mol. The predicted octanol–water partition coefficient (Wildman–Crippen LogP) is 1.76. The van der Waals surface area contributed by atoms with Gasteiger partial charge in [0.1, 0.15) is 5.82 Å². The summed E-state index contributed by atoms with van der Waals surface area (Å²) in [5.41, 5.74) is 6.57. The molecule has 2 heteroatoms. The lowest BCUT2D eigenvalue weighted by molar-refractivity contribution is 0.627. The standard InChI is InChI=1S/C8H8FN/c1-6(10)7-2-4-8(9)5-3-7/h2-5H,1,10H2. The van der Waals surface area contributed by atoms with Gasteiger partial charge < -0.3 is 5.73 Å². The summed E-state index contributed by atoms with van der Waals surface area (Å²) in [7, 11) is 0. The summed E-state index contributed by atoms with van der Waals surface area (Å²) in [5, 5.41) is 0. The molecule has 1 aromatic carbocycles. The number of rotatable bonds is 1. The monoisotopic (exact) mass is 137 g/mol. The highest BCUT2D eigenvalue weighted by Crippen LogP contribution is 2.06. The minimum atomic E-state index is -0.259. The first-order valence-electron chi connectivity index (χ1n) is 2.90. The Balaban J connectivity index is 3.00. The van der Waals surface area contributed by atoms with Crippen molar-refractivity contribution >= 4 is 5.70 Å². The van der Waals surface area contributed by atoms with Gasteiger partial charge in [0.25, 0.3) is 0 Å². The minimum absolute atomic E-state index is 0.259. The molecular weight excluding hydrogens is 129 g/mol. The average Bonchev–Trinajstić information content (AvgIpc) is 1.88. The molecule has 0 saturated carbocycles. The maximum Gasteiger partial charge on any atom is 0.123 e. The van der Waals surface area contributed by atoms with Gasteiger partial charge in [-0.25, -0.2) is 4.39 Å². The van der Waals surface area contributed by atoms with Crippen LogP contribution in [0.4, 0.5) is 4.39 Å². The van der Waals surface area contributed by atoms with Gasteiger partial charge in [0.15, 0.2) is 0 Å². The van der Waals surface area contributed by atoms with Gasteiger partial charge in [-0.1, -0.05) is 18.7 Å². The third-order valence-corrected chi connectivity index (χ3v) is 1.22. The molecule has 0 aromatic heterocycles. The molecular formula is C8H8FN. The summed E-state index contributed by atoms with van der Waals surface area (Å²) < 4.78 is 12.3. The lowest BCUT2D eigenvalue weighted by Gasteiger charge is -1.96. The summed E-state index contributed by atoms with van der Waals surface area (Å²) in [5.74, 6) is -0.259. The largest absolute Gasteiger partial charge is 0.399 e. The molecule has 0 radical (unpaired) electrons. The Morgan fingerprint density at radius 2 is 1.80 bits per heavy atom. The van der Waals surface area contributed by atoms with Crippen molar-refractivity contribution in [2.24, 2.45) is 5.73 Å². The van der Waals surface area contributed by atoms with E-state index < -0.39 is 0 Å². The fourth-order valence-electron chi connectivity index (χ4n) is 0.664. The molecule has 0 saturated heterocycles. The smallest absolute Gasteiger partial charge is 0.123 e. The molecule has 1 nitrogen and oxygen atoms in total. The lowest BCUT2D eigenvalue weighted by Crippen LogP contribution is -1.92. The van der Waals surface area contributed by atoms with Crippen LogP contribution in [0.3, 0.4) is 0 Å².